The predicted molar refractivity (Wildman–Crippen MR) is 358 cm³/mol. The molecular formula is C68H62F8N25O6+. The SMILES string of the molecule is O=C(CCC1CCCO1)c1cc(-c2nnnn2-c2ccccc2F)c[nH]1.O=C(NCC1CCCC1)c1cc(-n2nnnc2-c2ccc(F)c(F)c2F)c[nH]1.O=C(NC[C@@H]1CCCO1)c1cc(-c2nnnn2-c2cccc(F)c2F)c[nH]1.O=C(Nc1ncc[nH]1)c1cc(C2N=NN=[N+]2c2cccc(F)c2F)c[nH]1. The van der Waals surface area contributed by atoms with E-state index in [1.165, 1.54) is 84.8 Å². The van der Waals surface area contributed by atoms with Crippen molar-refractivity contribution in [1.82, 2.24) is 101 Å². The fraction of sp³-hybridized carbons (Fsp3) is 0.265. The van der Waals surface area contributed by atoms with Crippen molar-refractivity contribution in [3.63, 3.8) is 0 Å². The van der Waals surface area contributed by atoms with Crippen molar-refractivity contribution >= 4 is 35.1 Å². The minimum Gasteiger partial charge on any atom is -0.378 e. The Hall–Kier alpha value is -12.9. The van der Waals surface area contributed by atoms with Gasteiger partial charge in [0.05, 0.1) is 29.2 Å². The summed E-state index contributed by atoms with van der Waals surface area (Å²) in [4.78, 5) is 67.3. The molecule has 4 aliphatic rings. The number of carbonyl (C=O) groups is 4. The highest BCUT2D eigenvalue weighted by molar-refractivity contribution is 6.02. The summed E-state index contributed by atoms with van der Waals surface area (Å²) in [7, 11) is 0. The van der Waals surface area contributed by atoms with Gasteiger partial charge in [0.2, 0.25) is 17.0 Å². The van der Waals surface area contributed by atoms with Gasteiger partial charge in [-0.2, -0.15) is 18.4 Å². The van der Waals surface area contributed by atoms with Crippen LogP contribution in [0.3, 0.4) is 0 Å². The summed E-state index contributed by atoms with van der Waals surface area (Å²) in [6.07, 6.45) is 18.4. The summed E-state index contributed by atoms with van der Waals surface area (Å²) in [6, 6.07) is 21.8. The first kappa shape index (κ1) is 72.4. The van der Waals surface area contributed by atoms with Gasteiger partial charge in [-0.15, -0.1) is 15.3 Å². The molecule has 1 saturated carbocycles. The third-order valence-corrected chi connectivity index (χ3v) is 17.5. The average Bonchev–Trinajstić information content (AvgIpc) is 1.70. The van der Waals surface area contributed by atoms with Crippen molar-refractivity contribution in [2.45, 2.75) is 82.6 Å². The van der Waals surface area contributed by atoms with Crippen LogP contribution in [0.4, 0.5) is 46.8 Å². The third-order valence-electron chi connectivity index (χ3n) is 17.5. The number of H-pyrrole nitrogens is 5. The minimum atomic E-state index is -1.60. The number of aromatic nitrogens is 18. The largest absolute Gasteiger partial charge is 0.378 e. The molecule has 8 aromatic heterocycles. The highest BCUT2D eigenvalue weighted by Crippen LogP contribution is 2.35. The van der Waals surface area contributed by atoms with E-state index in [2.05, 4.69) is 108 Å². The molecule has 0 spiro atoms. The van der Waals surface area contributed by atoms with E-state index in [1.807, 2.05) is 0 Å². The van der Waals surface area contributed by atoms with E-state index in [-0.39, 0.29) is 69.8 Å². The Balaban J connectivity index is 0.000000126. The van der Waals surface area contributed by atoms with Gasteiger partial charge in [0.25, 0.3) is 23.9 Å². The number of halogens is 8. The summed E-state index contributed by atoms with van der Waals surface area (Å²) >= 11 is 0. The number of rotatable bonds is 20. The number of hydrogen-bond donors (Lipinski definition) is 8. The number of anilines is 1. The molecule has 550 valence electrons. The van der Waals surface area contributed by atoms with Crippen molar-refractivity contribution in [3.05, 3.63) is 209 Å². The molecule has 107 heavy (non-hydrogen) atoms. The number of carbonyl (C=O) groups excluding carboxylic acids is 4. The van der Waals surface area contributed by atoms with Crippen LogP contribution < -0.4 is 16.0 Å². The molecule has 12 aromatic rings. The van der Waals surface area contributed by atoms with Gasteiger partial charge in [-0.1, -0.05) is 41.8 Å². The molecule has 11 heterocycles. The Bertz CT molecular complexity index is 5180. The zero-order valence-corrected chi connectivity index (χ0v) is 56.0. The van der Waals surface area contributed by atoms with Gasteiger partial charge in [-0.25, -0.2) is 35.7 Å². The highest BCUT2D eigenvalue weighted by Gasteiger charge is 2.35. The Kier molecular flexibility index (Phi) is 22.5. The van der Waals surface area contributed by atoms with E-state index in [0.29, 0.717) is 83.3 Å². The second kappa shape index (κ2) is 33.2. The molecule has 0 radical (unpaired) electrons. The summed E-state index contributed by atoms with van der Waals surface area (Å²) in [6.45, 7) is 2.54. The monoisotopic (exact) mass is 1480 g/mol. The van der Waals surface area contributed by atoms with Crippen LogP contribution in [0.5, 0.6) is 0 Å². The number of nitrogens with one attached hydrogen (secondary N) is 8. The van der Waals surface area contributed by atoms with Crippen LogP contribution in [0.2, 0.25) is 0 Å². The Labute approximate surface area is 598 Å². The molecule has 1 aliphatic carbocycles. The average molecular weight is 1480 g/mol. The molecule has 3 amide bonds. The molecule has 31 nitrogen and oxygen atoms in total. The summed E-state index contributed by atoms with van der Waals surface area (Å²) < 4.78 is 126. The van der Waals surface area contributed by atoms with Crippen molar-refractivity contribution in [3.8, 4) is 51.2 Å². The van der Waals surface area contributed by atoms with Crippen LogP contribution in [-0.4, -0.2) is 157 Å². The number of amides is 3. The molecule has 0 bridgehead atoms. The third kappa shape index (κ3) is 16.8. The first-order valence-corrected chi connectivity index (χ1v) is 33.4. The van der Waals surface area contributed by atoms with Gasteiger partial charge in [0.1, 0.15) is 34.3 Å². The number of hydrogen-bond acceptors (Lipinski definition) is 19. The highest BCUT2D eigenvalue weighted by atomic mass is 19.2. The molecule has 3 atom stereocenters. The number of para-hydroxylation sites is 1. The molecule has 16 rings (SSSR count). The van der Waals surface area contributed by atoms with E-state index in [0.717, 1.165) is 89.9 Å². The van der Waals surface area contributed by atoms with Crippen molar-refractivity contribution in [2.75, 3.05) is 31.6 Å². The maximum Gasteiger partial charge on any atom is 0.285 e. The number of aromatic amines is 5. The number of benzene rings is 4. The Morgan fingerprint density at radius 3 is 1.84 bits per heavy atom. The molecule has 2 unspecified atom stereocenters. The quantitative estimate of drug-likeness (QED) is 0.0152. The second-order valence-electron chi connectivity index (χ2n) is 24.5. The standard InChI is InChI=1S/C18H17F3N6O.C18H18FN5O2.C17H16F2N6O2.C15H10F2N8O/c19-13-6-5-12(15(20)16(13)21)17-24-25-26-27(17)11-7-14(22-9-11)18(28)23-8-10-3-1-2-4-10;19-14-5-1-2-6-16(14)24-18(21-22-23-24)12-10-15(20-11-12)17(25)8-7-13-4-3-9-26-13;18-12-4-1-5-14(15(12)19)25-16(22-23-24-25)10-7-13(20-8-10)17(26)21-9-11-3-2-6-27-11;16-9-2-1-3-11(12(9)17)25-13(22-23-24-25)8-6-10(20-7-8)14(26)21-15-18-4-5-19-15/h5-7,9-10,22H,1-4,8H2,(H,23,28);1-2,5-6,10-11,13,20H,3-4,7-9H2;1,4-5,7-8,11,20H,2-3,6,9H2,(H,21,26);1-7,13H,(H2,20,22,24,26)/p+1/t;;11-;/m..0./s1. The number of imidazole rings is 1. The van der Waals surface area contributed by atoms with Gasteiger partial charge in [-0.05, 0) is 155 Å². The summed E-state index contributed by atoms with van der Waals surface area (Å²) in [5.41, 5.74) is 2.99. The fourth-order valence-electron chi connectivity index (χ4n) is 12.0. The number of tetrazole rings is 3. The maximum absolute atomic E-state index is 14.1. The van der Waals surface area contributed by atoms with Crippen LogP contribution in [0.1, 0.15) is 118 Å². The lowest BCUT2D eigenvalue weighted by Crippen LogP contribution is -2.31. The van der Waals surface area contributed by atoms with Crippen LogP contribution in [0, 0.1) is 52.5 Å². The lowest BCUT2D eigenvalue weighted by atomic mass is 10.1. The topological polar surface area (TPSA) is 386 Å². The van der Waals surface area contributed by atoms with Gasteiger partial charge in [0, 0.05) is 91.7 Å². The molecule has 4 aromatic carbocycles. The maximum atomic E-state index is 14.1. The number of nitrogens with zero attached hydrogens (tertiary/aromatic N) is 17. The molecule has 39 heteroatoms. The van der Waals surface area contributed by atoms with Crippen LogP contribution in [0.15, 0.2) is 150 Å². The van der Waals surface area contributed by atoms with Gasteiger partial charge >= 0.3 is 0 Å². The van der Waals surface area contributed by atoms with E-state index in [9.17, 15) is 54.3 Å². The normalized spacial score (nSPS) is 16.0. The van der Waals surface area contributed by atoms with Crippen molar-refractivity contribution < 1.29 is 68.5 Å². The Morgan fingerprint density at radius 2 is 1.13 bits per heavy atom. The number of ketones is 1. The molecule has 2 saturated heterocycles. The van der Waals surface area contributed by atoms with Gasteiger partial charge in [0.15, 0.2) is 69.1 Å². The zero-order valence-electron chi connectivity index (χ0n) is 56.0. The lowest BCUT2D eigenvalue weighted by Gasteiger charge is -2.09. The molecule has 3 fully saturated rings. The van der Waals surface area contributed by atoms with E-state index in [1.54, 1.807) is 42.7 Å². The van der Waals surface area contributed by atoms with Crippen molar-refractivity contribution in [2.24, 2.45) is 21.5 Å². The number of ether oxygens (including phenoxy) is 2. The van der Waals surface area contributed by atoms with Crippen LogP contribution in [0.25, 0.3) is 51.2 Å². The molecular weight excluding hydrogens is 1410 g/mol. The lowest BCUT2D eigenvalue weighted by molar-refractivity contribution is -0.549. The van der Waals surface area contributed by atoms with Crippen molar-refractivity contribution in [1.29, 1.82) is 0 Å². The summed E-state index contributed by atoms with van der Waals surface area (Å²) in [5, 5.41) is 53.0. The smallest absolute Gasteiger partial charge is 0.285 e. The fourth-order valence-corrected chi connectivity index (χ4v) is 12.0. The first-order valence-electron chi connectivity index (χ1n) is 33.4. The van der Waals surface area contributed by atoms with Crippen LogP contribution >= 0.6 is 0 Å². The van der Waals surface area contributed by atoms with E-state index >= 15 is 0 Å². The zero-order chi connectivity index (χ0) is 74.5. The number of Topliss-reactive ketones (excluding diaryl/α,β-unsaturated/α-hetero) is 1. The first-order chi connectivity index (χ1) is 52.0. The minimum absolute atomic E-state index is 0.0108. The molecule has 8 N–H and O–H groups in total. The van der Waals surface area contributed by atoms with Gasteiger partial charge < -0.3 is 45.0 Å². The van der Waals surface area contributed by atoms with Crippen LogP contribution in [-0.2, 0) is 9.47 Å². The second-order valence-corrected chi connectivity index (χ2v) is 24.5. The molecule has 3 aliphatic heterocycles. The Morgan fingerprint density at radius 1 is 0.533 bits per heavy atom. The van der Waals surface area contributed by atoms with Gasteiger partial charge in [-0.3, -0.25) is 24.5 Å². The predicted octanol–water partition coefficient (Wildman–Crippen LogP) is 11.2. The van der Waals surface area contributed by atoms with E-state index < -0.39 is 58.6 Å². The summed E-state index contributed by atoms with van der Waals surface area (Å²) in [5.74, 6) is -8.61. The van der Waals surface area contributed by atoms with E-state index in [4.69, 9.17) is 9.47 Å².